The lowest BCUT2D eigenvalue weighted by molar-refractivity contribution is 0.0230. The van der Waals surface area contributed by atoms with Gasteiger partial charge in [-0.2, -0.15) is 0 Å². The van der Waals surface area contributed by atoms with Crippen LogP contribution in [0.5, 0.6) is 0 Å². The van der Waals surface area contributed by atoms with Gasteiger partial charge in [0.2, 0.25) is 0 Å². The maximum atomic E-state index is 14.9. The number of nitrogens with zero attached hydrogens (tertiary/aromatic N) is 6. The van der Waals surface area contributed by atoms with Crippen molar-refractivity contribution in [2.75, 3.05) is 98.1 Å². The average molecular weight is 919 g/mol. The zero-order chi connectivity index (χ0) is 46.6. The lowest BCUT2D eigenvalue weighted by Gasteiger charge is -2.37. The van der Waals surface area contributed by atoms with Gasteiger partial charge in [-0.3, -0.25) is 9.80 Å². The number of amides is 4. The molecule has 16 nitrogen and oxygen atoms in total. The molecule has 4 aliphatic rings. The second-order valence-electron chi connectivity index (χ2n) is 16.9. The molecule has 4 amide bonds. The fraction of sp³-hybridized carbons (Fsp3) is 0.575. The van der Waals surface area contributed by atoms with Crippen molar-refractivity contribution >= 4 is 64.3 Å². The standard InChI is InChI=1S/C21H26F4N4O4S.C19H26F2N4O4/c1-21(2,3)33-19(30)28-6-4-27(5-7-28)16-14(22)8-12(9-15(16)23)29-11-13(32-20(29)31)10-26-18(34)17(24)25;1-19(2,3)29-17(26)24-6-4-23(5-7-24)16-14(20)8-12(9-15(16)21)25-11-13(10-22)28-18(25)27/h8-9,13,17H,4-7,10-11H2,1-3H3,(H,26,34);8-9,13H,4-7,10-11,22H2,1-3H3/t2*13-/m00/s1. The quantitative estimate of drug-likeness (QED) is 0.185. The lowest BCUT2D eigenvalue weighted by Crippen LogP contribution is -2.50. The van der Waals surface area contributed by atoms with Crippen LogP contribution in [0.3, 0.4) is 0 Å². The maximum absolute atomic E-state index is 14.9. The molecule has 2 aromatic carbocycles. The molecule has 4 aliphatic heterocycles. The third-order valence-corrected chi connectivity index (χ3v) is 10.2. The zero-order valence-electron chi connectivity index (χ0n) is 35.7. The number of benzene rings is 2. The number of ether oxygens (including phenoxy) is 4. The minimum atomic E-state index is -2.84. The average Bonchev–Trinajstić information content (AvgIpc) is 3.77. The molecule has 0 radical (unpaired) electrons. The highest BCUT2D eigenvalue weighted by atomic mass is 32.1. The van der Waals surface area contributed by atoms with Crippen molar-refractivity contribution in [2.45, 2.75) is 71.4 Å². The molecule has 4 fully saturated rings. The first kappa shape index (κ1) is 48.6. The number of halogens is 6. The summed E-state index contributed by atoms with van der Waals surface area (Å²) in [5.41, 5.74) is 3.81. The zero-order valence-corrected chi connectivity index (χ0v) is 36.5. The molecule has 0 saturated carbocycles. The van der Waals surface area contributed by atoms with E-state index in [-0.39, 0.29) is 101 Å². The minimum absolute atomic E-state index is 0.0601. The molecular weight excluding hydrogens is 867 g/mol. The number of carbonyl (C=O) groups is 4. The topological polar surface area (TPSA) is 163 Å². The summed E-state index contributed by atoms with van der Waals surface area (Å²) in [5, 5.41) is 2.30. The predicted octanol–water partition coefficient (Wildman–Crippen LogP) is 5.84. The summed E-state index contributed by atoms with van der Waals surface area (Å²) in [6, 6.07) is 4.25. The SMILES string of the molecule is CC(C)(C)OC(=O)N1CCN(c2c(F)cc(N3C[C@H](CN)OC3=O)cc2F)CC1.CC(C)(C)OC(=O)N1CCN(c2c(F)cc(N3C[C@H](CNC(=S)C(F)F)OC3=O)cc2F)CC1. The highest BCUT2D eigenvalue weighted by Gasteiger charge is 2.36. The number of cyclic esters (lactones) is 2. The van der Waals surface area contributed by atoms with Gasteiger partial charge in [0.05, 0.1) is 31.0 Å². The molecule has 63 heavy (non-hydrogen) atoms. The van der Waals surface area contributed by atoms with Crippen molar-refractivity contribution in [3.8, 4) is 0 Å². The van der Waals surface area contributed by atoms with Crippen molar-refractivity contribution in [3.05, 3.63) is 47.5 Å². The monoisotopic (exact) mass is 918 g/mol. The molecule has 348 valence electrons. The fourth-order valence-corrected chi connectivity index (χ4v) is 6.97. The van der Waals surface area contributed by atoms with Gasteiger partial charge in [-0.1, -0.05) is 12.2 Å². The number of anilines is 4. The third-order valence-electron chi connectivity index (χ3n) is 9.84. The molecule has 3 N–H and O–H groups in total. The summed E-state index contributed by atoms with van der Waals surface area (Å²) in [6.45, 7) is 12.5. The fourth-order valence-electron chi connectivity index (χ4n) is 6.88. The number of nitrogens with two attached hydrogens (primary N) is 1. The molecule has 2 atom stereocenters. The van der Waals surface area contributed by atoms with Crippen LogP contribution in [-0.2, 0) is 18.9 Å². The Labute approximate surface area is 366 Å². The third kappa shape index (κ3) is 12.6. The summed E-state index contributed by atoms with van der Waals surface area (Å²) in [5.74, 6) is -3.33. The van der Waals surface area contributed by atoms with Crippen LogP contribution < -0.4 is 30.7 Å². The molecule has 2 aromatic rings. The number of nitrogens with one attached hydrogen (secondary N) is 1. The smallest absolute Gasteiger partial charge is 0.414 e. The number of hydrogen-bond acceptors (Lipinski definition) is 12. The van der Waals surface area contributed by atoms with Crippen LogP contribution in [0.15, 0.2) is 24.3 Å². The molecule has 0 unspecified atom stereocenters. The molecule has 0 aromatic heterocycles. The van der Waals surface area contributed by atoms with Gasteiger partial charge < -0.3 is 49.6 Å². The first-order valence-corrected chi connectivity index (χ1v) is 20.5. The van der Waals surface area contributed by atoms with E-state index >= 15 is 0 Å². The molecule has 0 aliphatic carbocycles. The van der Waals surface area contributed by atoms with Crippen molar-refractivity contribution in [1.82, 2.24) is 15.1 Å². The number of rotatable bonds is 8. The summed E-state index contributed by atoms with van der Waals surface area (Å²) >= 11 is 4.47. The summed E-state index contributed by atoms with van der Waals surface area (Å²) in [6.07, 6.45) is -6.65. The van der Waals surface area contributed by atoms with E-state index in [0.29, 0.717) is 0 Å². The highest BCUT2D eigenvalue weighted by Crippen LogP contribution is 2.33. The van der Waals surface area contributed by atoms with Gasteiger partial charge in [-0.15, -0.1) is 0 Å². The summed E-state index contributed by atoms with van der Waals surface area (Å²) in [4.78, 5) is 55.9. The van der Waals surface area contributed by atoms with Crippen LogP contribution >= 0.6 is 12.2 Å². The van der Waals surface area contributed by atoms with Gasteiger partial charge in [0.1, 0.15) is 39.8 Å². The molecule has 4 heterocycles. The second-order valence-corrected chi connectivity index (χ2v) is 17.4. The molecule has 6 rings (SSSR count). The van der Waals surface area contributed by atoms with Crippen LogP contribution in [0.2, 0.25) is 0 Å². The maximum Gasteiger partial charge on any atom is 0.414 e. The van der Waals surface area contributed by atoms with Crippen LogP contribution in [0.1, 0.15) is 41.5 Å². The number of carbonyl (C=O) groups excluding carboxylic acids is 4. The van der Waals surface area contributed by atoms with Gasteiger partial charge in [-0.25, -0.2) is 45.5 Å². The largest absolute Gasteiger partial charge is 0.444 e. The second kappa shape index (κ2) is 19.9. The number of hydrogen-bond donors (Lipinski definition) is 2. The Morgan fingerprint density at radius 1 is 0.698 bits per heavy atom. The Morgan fingerprint density at radius 3 is 1.37 bits per heavy atom. The van der Waals surface area contributed by atoms with Gasteiger partial charge in [-0.05, 0) is 41.5 Å². The molecule has 23 heteroatoms. The predicted molar refractivity (Wildman–Crippen MR) is 224 cm³/mol. The van der Waals surface area contributed by atoms with Gasteiger partial charge in [0, 0.05) is 83.2 Å². The van der Waals surface area contributed by atoms with E-state index < -0.39 is 82.5 Å². The van der Waals surface area contributed by atoms with Gasteiger partial charge in [0.25, 0.3) is 6.43 Å². The summed E-state index contributed by atoms with van der Waals surface area (Å²) < 4.78 is 105. The van der Waals surface area contributed by atoms with E-state index in [4.69, 9.17) is 24.7 Å². The van der Waals surface area contributed by atoms with Crippen LogP contribution in [0, 0.1) is 23.3 Å². The first-order chi connectivity index (χ1) is 29.4. The Morgan fingerprint density at radius 2 is 1.05 bits per heavy atom. The van der Waals surface area contributed by atoms with E-state index in [1.807, 2.05) is 0 Å². The number of piperazine rings is 2. The first-order valence-electron chi connectivity index (χ1n) is 20.1. The van der Waals surface area contributed by atoms with Crippen molar-refractivity contribution in [2.24, 2.45) is 5.73 Å². The molecular formula is C40H52F6N8O8S. The van der Waals surface area contributed by atoms with Crippen LogP contribution in [-0.4, -0.2) is 148 Å². The van der Waals surface area contributed by atoms with E-state index in [1.54, 1.807) is 46.4 Å². The van der Waals surface area contributed by atoms with E-state index in [1.165, 1.54) is 14.7 Å². The van der Waals surface area contributed by atoms with Crippen molar-refractivity contribution in [3.63, 3.8) is 0 Å². The van der Waals surface area contributed by atoms with Gasteiger partial charge in [0.15, 0.2) is 23.3 Å². The van der Waals surface area contributed by atoms with Crippen molar-refractivity contribution < 1.29 is 64.5 Å². The highest BCUT2D eigenvalue weighted by molar-refractivity contribution is 7.80. The molecule has 0 spiro atoms. The number of alkyl halides is 2. The normalized spacial score (nSPS) is 19.5. The Balaban J connectivity index is 0.000000240. The molecule has 4 saturated heterocycles. The Hall–Kier alpha value is -5.45. The Kier molecular flexibility index (Phi) is 15.4. The van der Waals surface area contributed by atoms with E-state index in [0.717, 1.165) is 34.1 Å². The Bertz CT molecular complexity index is 1980. The van der Waals surface area contributed by atoms with Gasteiger partial charge >= 0.3 is 24.4 Å². The van der Waals surface area contributed by atoms with E-state index in [2.05, 4.69) is 17.5 Å². The molecule has 0 bridgehead atoms. The van der Waals surface area contributed by atoms with Crippen LogP contribution in [0.4, 0.5) is 68.3 Å². The lowest BCUT2D eigenvalue weighted by atomic mass is 10.2. The number of thiocarbonyl (C=S) groups is 1. The minimum Gasteiger partial charge on any atom is -0.444 e. The summed E-state index contributed by atoms with van der Waals surface area (Å²) in [7, 11) is 0. The van der Waals surface area contributed by atoms with Crippen LogP contribution in [0.25, 0.3) is 0 Å². The van der Waals surface area contributed by atoms with E-state index in [9.17, 15) is 45.5 Å². The van der Waals surface area contributed by atoms with Crippen molar-refractivity contribution in [1.29, 1.82) is 0 Å².